The highest BCUT2D eigenvalue weighted by atomic mass is 16.5. The molecule has 0 aromatic heterocycles. The highest BCUT2D eigenvalue weighted by molar-refractivity contribution is 5.91. The number of amides is 1. The molecule has 3 aromatic carbocycles. The molecule has 0 atom stereocenters. The minimum atomic E-state index is -0.168. The van der Waals surface area contributed by atoms with E-state index in [1.165, 1.54) is 6.08 Å². The Labute approximate surface area is 153 Å². The summed E-state index contributed by atoms with van der Waals surface area (Å²) < 4.78 is 5.73. The van der Waals surface area contributed by atoms with Gasteiger partial charge in [0, 0.05) is 11.5 Å². The summed E-state index contributed by atoms with van der Waals surface area (Å²) in [5, 5.41) is 4.93. The van der Waals surface area contributed by atoms with E-state index in [0.717, 1.165) is 22.1 Å². The molecule has 0 spiro atoms. The Morgan fingerprint density at radius 3 is 2.58 bits per heavy atom. The summed E-state index contributed by atoms with van der Waals surface area (Å²) in [5.74, 6) is 6.45. The first-order chi connectivity index (χ1) is 12.8. The van der Waals surface area contributed by atoms with Crippen LogP contribution in [0.2, 0.25) is 0 Å². The number of ether oxygens (including phenoxy) is 1. The van der Waals surface area contributed by atoms with Crippen molar-refractivity contribution in [2.45, 2.75) is 0 Å². The van der Waals surface area contributed by atoms with E-state index in [0.29, 0.717) is 0 Å². The largest absolute Gasteiger partial charge is 0.480 e. The molecule has 0 heterocycles. The number of carbonyl (C=O) groups excluding carboxylic acids is 1. The molecule has 3 rings (SSSR count). The maximum absolute atomic E-state index is 11.7. The van der Waals surface area contributed by atoms with E-state index in [1.54, 1.807) is 6.08 Å². The number of carbonyl (C=O) groups is 1. The Balaban J connectivity index is 1.44. The first-order valence-corrected chi connectivity index (χ1v) is 8.40. The van der Waals surface area contributed by atoms with Crippen LogP contribution in [0.4, 0.5) is 0 Å². The van der Waals surface area contributed by atoms with Crippen molar-refractivity contribution in [2.75, 3.05) is 13.2 Å². The van der Waals surface area contributed by atoms with Crippen molar-refractivity contribution >= 4 is 22.8 Å². The van der Waals surface area contributed by atoms with Gasteiger partial charge in [0.1, 0.15) is 12.4 Å². The van der Waals surface area contributed by atoms with Crippen LogP contribution in [0.1, 0.15) is 5.56 Å². The number of hydrogen-bond acceptors (Lipinski definition) is 2. The van der Waals surface area contributed by atoms with Crippen molar-refractivity contribution in [3.8, 4) is 17.6 Å². The average Bonchev–Trinajstić information content (AvgIpc) is 2.70. The van der Waals surface area contributed by atoms with Crippen molar-refractivity contribution in [2.24, 2.45) is 0 Å². The molecule has 0 bridgehead atoms. The highest BCUT2D eigenvalue weighted by Crippen LogP contribution is 2.24. The minimum absolute atomic E-state index is 0.168. The SMILES string of the molecule is O=C(/C=C/c1ccccc1)NCC#CCOc1cccc2ccccc12. The van der Waals surface area contributed by atoms with E-state index in [9.17, 15) is 4.79 Å². The fraction of sp³-hybridized carbons (Fsp3) is 0.0870. The lowest BCUT2D eigenvalue weighted by Crippen LogP contribution is -2.21. The lowest BCUT2D eigenvalue weighted by atomic mass is 10.1. The third-order valence-corrected chi connectivity index (χ3v) is 3.75. The molecule has 26 heavy (non-hydrogen) atoms. The van der Waals surface area contributed by atoms with Gasteiger partial charge in [-0.25, -0.2) is 0 Å². The molecule has 0 saturated heterocycles. The topological polar surface area (TPSA) is 38.3 Å². The van der Waals surface area contributed by atoms with Crippen LogP contribution >= 0.6 is 0 Å². The van der Waals surface area contributed by atoms with Crippen LogP contribution in [0.5, 0.6) is 5.75 Å². The van der Waals surface area contributed by atoms with Gasteiger partial charge >= 0.3 is 0 Å². The van der Waals surface area contributed by atoms with E-state index in [2.05, 4.69) is 17.2 Å². The smallest absolute Gasteiger partial charge is 0.244 e. The van der Waals surface area contributed by atoms with Crippen molar-refractivity contribution < 1.29 is 9.53 Å². The molecule has 0 radical (unpaired) electrons. The van der Waals surface area contributed by atoms with E-state index in [-0.39, 0.29) is 19.1 Å². The number of fused-ring (bicyclic) bond motifs is 1. The van der Waals surface area contributed by atoms with Gasteiger partial charge in [0.15, 0.2) is 0 Å². The standard InChI is InChI=1S/C23H19NO2/c25-23(16-15-19-9-2-1-3-10-19)24-17-6-7-18-26-22-14-8-12-20-11-4-5-13-21(20)22/h1-5,8-16H,17-18H2,(H,24,25)/b16-15+. The summed E-state index contributed by atoms with van der Waals surface area (Å²) in [4.78, 5) is 11.7. The van der Waals surface area contributed by atoms with Gasteiger partial charge in [0.2, 0.25) is 5.91 Å². The Kier molecular flexibility index (Phi) is 6.06. The molecule has 128 valence electrons. The average molecular weight is 341 g/mol. The summed E-state index contributed by atoms with van der Waals surface area (Å²) in [6.45, 7) is 0.570. The van der Waals surface area contributed by atoms with E-state index in [4.69, 9.17) is 4.74 Å². The van der Waals surface area contributed by atoms with Gasteiger partial charge in [0.25, 0.3) is 0 Å². The molecule has 0 aliphatic heterocycles. The third kappa shape index (κ3) is 4.99. The molecule has 3 nitrogen and oxygen atoms in total. The highest BCUT2D eigenvalue weighted by Gasteiger charge is 1.99. The molecule has 0 unspecified atom stereocenters. The molecule has 0 aliphatic carbocycles. The van der Waals surface area contributed by atoms with E-state index < -0.39 is 0 Å². The van der Waals surface area contributed by atoms with Gasteiger partial charge in [-0.05, 0) is 23.1 Å². The van der Waals surface area contributed by atoms with Crippen molar-refractivity contribution in [1.82, 2.24) is 5.32 Å². The van der Waals surface area contributed by atoms with Crippen LogP contribution in [0.15, 0.2) is 78.9 Å². The van der Waals surface area contributed by atoms with Crippen molar-refractivity contribution in [3.05, 3.63) is 84.4 Å². The summed E-state index contributed by atoms with van der Waals surface area (Å²) in [7, 11) is 0. The first-order valence-electron chi connectivity index (χ1n) is 8.40. The summed E-state index contributed by atoms with van der Waals surface area (Å²) in [6, 6.07) is 23.7. The Morgan fingerprint density at radius 2 is 1.69 bits per heavy atom. The Bertz CT molecular complexity index is 960. The van der Waals surface area contributed by atoms with Gasteiger partial charge in [-0.15, -0.1) is 0 Å². The first kappa shape index (κ1) is 17.3. The van der Waals surface area contributed by atoms with Gasteiger partial charge in [0.05, 0.1) is 6.54 Å². The molecule has 0 saturated carbocycles. The number of nitrogens with one attached hydrogen (secondary N) is 1. The Morgan fingerprint density at radius 1 is 0.923 bits per heavy atom. The minimum Gasteiger partial charge on any atom is -0.480 e. The molecular weight excluding hydrogens is 322 g/mol. The normalized spacial score (nSPS) is 10.3. The Hall–Kier alpha value is -3.51. The lowest BCUT2D eigenvalue weighted by Gasteiger charge is -2.06. The monoisotopic (exact) mass is 341 g/mol. The second-order valence-corrected chi connectivity index (χ2v) is 5.58. The zero-order valence-electron chi connectivity index (χ0n) is 14.3. The quantitative estimate of drug-likeness (QED) is 0.562. The summed E-state index contributed by atoms with van der Waals surface area (Å²) in [5.41, 5.74) is 0.984. The van der Waals surface area contributed by atoms with Crippen LogP contribution in [0.25, 0.3) is 16.8 Å². The maximum atomic E-state index is 11.7. The van der Waals surface area contributed by atoms with Crippen molar-refractivity contribution in [3.63, 3.8) is 0 Å². The molecule has 3 aromatic rings. The number of hydrogen-bond donors (Lipinski definition) is 1. The third-order valence-electron chi connectivity index (χ3n) is 3.75. The summed E-state index contributed by atoms with van der Waals surface area (Å²) >= 11 is 0. The molecule has 1 amide bonds. The van der Waals surface area contributed by atoms with Gasteiger partial charge in [-0.1, -0.05) is 78.6 Å². The van der Waals surface area contributed by atoms with Crippen LogP contribution in [-0.4, -0.2) is 19.1 Å². The van der Waals surface area contributed by atoms with Crippen LogP contribution in [-0.2, 0) is 4.79 Å². The van der Waals surface area contributed by atoms with Crippen LogP contribution < -0.4 is 10.1 Å². The number of benzene rings is 3. The second kappa shape index (κ2) is 9.10. The number of rotatable bonds is 5. The zero-order chi connectivity index (χ0) is 18.0. The van der Waals surface area contributed by atoms with Gasteiger partial charge in [-0.3, -0.25) is 4.79 Å². The molecular formula is C23H19NO2. The molecule has 0 aliphatic rings. The van der Waals surface area contributed by atoms with Crippen LogP contribution in [0.3, 0.4) is 0 Å². The predicted octanol–water partition coefficient (Wildman–Crippen LogP) is 4.05. The summed E-state index contributed by atoms with van der Waals surface area (Å²) in [6.07, 6.45) is 3.27. The zero-order valence-corrected chi connectivity index (χ0v) is 14.3. The van der Waals surface area contributed by atoms with E-state index >= 15 is 0 Å². The molecule has 1 N–H and O–H groups in total. The predicted molar refractivity (Wildman–Crippen MR) is 106 cm³/mol. The van der Waals surface area contributed by atoms with Crippen LogP contribution in [0, 0.1) is 11.8 Å². The molecule has 3 heteroatoms. The van der Waals surface area contributed by atoms with Crippen molar-refractivity contribution in [1.29, 1.82) is 0 Å². The fourth-order valence-corrected chi connectivity index (χ4v) is 2.48. The second-order valence-electron chi connectivity index (χ2n) is 5.58. The molecule has 0 fully saturated rings. The fourth-order valence-electron chi connectivity index (χ4n) is 2.48. The maximum Gasteiger partial charge on any atom is 0.244 e. The lowest BCUT2D eigenvalue weighted by molar-refractivity contribution is -0.116. The van der Waals surface area contributed by atoms with Gasteiger partial charge < -0.3 is 10.1 Å². The van der Waals surface area contributed by atoms with Gasteiger partial charge in [-0.2, -0.15) is 0 Å². The van der Waals surface area contributed by atoms with E-state index in [1.807, 2.05) is 72.8 Å².